The van der Waals surface area contributed by atoms with E-state index in [0.29, 0.717) is 31.1 Å². The second kappa shape index (κ2) is 8.58. The molecule has 5 unspecified atom stereocenters. The van der Waals surface area contributed by atoms with Crippen LogP contribution in [0.4, 0.5) is 0 Å². The van der Waals surface area contributed by atoms with Crippen molar-refractivity contribution in [3.63, 3.8) is 0 Å². The molecule has 172 valence electrons. The second-order valence-electron chi connectivity index (χ2n) is 9.56. The Morgan fingerprint density at radius 3 is 2.48 bits per heavy atom. The standard InChI is InChI=1S/C22H33N3O5S/c1-14-13-24(22(27)21-7-4-10-30-21)20-12-17(8-9-19(20)25(14)15(2)26)16-5-3-6-18(11-16)31(23,28)29/h4,7,10,14,16-20H,3,5-6,8-9,11-13H2,1-2H3,(H2,23,28,29)/t14-,16?,17?,18?,19?,20?/m0/s1. The molecule has 8 nitrogen and oxygen atoms in total. The molecule has 2 N–H and O–H groups in total. The maximum atomic E-state index is 13.2. The van der Waals surface area contributed by atoms with Crippen LogP contribution in [0.5, 0.6) is 0 Å². The number of amides is 2. The van der Waals surface area contributed by atoms with Gasteiger partial charge >= 0.3 is 0 Å². The Morgan fingerprint density at radius 2 is 1.84 bits per heavy atom. The molecule has 1 saturated heterocycles. The van der Waals surface area contributed by atoms with Gasteiger partial charge in [0, 0.05) is 19.5 Å². The Kier molecular flexibility index (Phi) is 6.18. The Morgan fingerprint density at radius 1 is 1.10 bits per heavy atom. The molecule has 1 aliphatic heterocycles. The van der Waals surface area contributed by atoms with Crippen molar-refractivity contribution in [3.05, 3.63) is 24.2 Å². The normalized spacial score (nSPS) is 34.3. The van der Waals surface area contributed by atoms with E-state index in [4.69, 9.17) is 9.56 Å². The van der Waals surface area contributed by atoms with Crippen molar-refractivity contribution in [1.82, 2.24) is 9.80 Å². The third-order valence-electron chi connectivity index (χ3n) is 7.67. The van der Waals surface area contributed by atoms with Crippen molar-refractivity contribution >= 4 is 21.8 Å². The van der Waals surface area contributed by atoms with Gasteiger partial charge in [-0.1, -0.05) is 12.8 Å². The molecular formula is C22H33N3O5S. The molecule has 0 spiro atoms. The molecule has 2 amide bonds. The first-order chi connectivity index (χ1) is 14.7. The molecule has 2 aliphatic carbocycles. The molecule has 3 aliphatic rings. The number of nitrogens with zero attached hydrogens (tertiary/aromatic N) is 2. The minimum absolute atomic E-state index is 0.0194. The molecule has 6 atom stereocenters. The predicted octanol–water partition coefficient (Wildman–Crippen LogP) is 2.36. The zero-order valence-corrected chi connectivity index (χ0v) is 19.1. The molecule has 31 heavy (non-hydrogen) atoms. The summed E-state index contributed by atoms with van der Waals surface area (Å²) in [6.07, 6.45) is 7.11. The first-order valence-corrected chi connectivity index (χ1v) is 12.9. The molecule has 0 aromatic carbocycles. The maximum absolute atomic E-state index is 13.2. The monoisotopic (exact) mass is 451 g/mol. The van der Waals surface area contributed by atoms with Crippen LogP contribution in [0, 0.1) is 11.8 Å². The zero-order chi connectivity index (χ0) is 22.3. The average Bonchev–Trinajstić information content (AvgIpc) is 3.26. The summed E-state index contributed by atoms with van der Waals surface area (Å²) in [7, 11) is -3.53. The fraction of sp³-hybridized carbons (Fsp3) is 0.727. The van der Waals surface area contributed by atoms with E-state index >= 15 is 0 Å². The van der Waals surface area contributed by atoms with E-state index in [0.717, 1.165) is 32.1 Å². The number of primary sulfonamides is 1. The van der Waals surface area contributed by atoms with Gasteiger partial charge in [-0.3, -0.25) is 9.59 Å². The number of carbonyl (C=O) groups is 2. The number of hydrogen-bond acceptors (Lipinski definition) is 5. The number of carbonyl (C=O) groups excluding carboxylic acids is 2. The van der Waals surface area contributed by atoms with E-state index in [9.17, 15) is 18.0 Å². The lowest BCUT2D eigenvalue weighted by Crippen LogP contribution is -2.67. The van der Waals surface area contributed by atoms with Crippen molar-refractivity contribution in [2.75, 3.05) is 6.54 Å². The van der Waals surface area contributed by atoms with Gasteiger partial charge in [-0.2, -0.15) is 0 Å². The van der Waals surface area contributed by atoms with Gasteiger partial charge < -0.3 is 14.2 Å². The lowest BCUT2D eigenvalue weighted by atomic mass is 9.69. The summed E-state index contributed by atoms with van der Waals surface area (Å²) >= 11 is 0. The lowest BCUT2D eigenvalue weighted by molar-refractivity contribution is -0.142. The number of piperazine rings is 1. The molecule has 3 fully saturated rings. The van der Waals surface area contributed by atoms with Crippen LogP contribution < -0.4 is 5.14 Å². The van der Waals surface area contributed by atoms with Crippen molar-refractivity contribution in [2.45, 2.75) is 82.2 Å². The smallest absolute Gasteiger partial charge is 0.289 e. The summed E-state index contributed by atoms with van der Waals surface area (Å²) in [5.74, 6) is 0.819. The first kappa shape index (κ1) is 22.3. The van der Waals surface area contributed by atoms with Gasteiger partial charge in [-0.15, -0.1) is 0 Å². The lowest BCUT2D eigenvalue weighted by Gasteiger charge is -2.54. The van der Waals surface area contributed by atoms with Crippen LogP contribution in [0.3, 0.4) is 0 Å². The van der Waals surface area contributed by atoms with Crippen LogP contribution in [-0.2, 0) is 14.8 Å². The Labute approximate surface area is 184 Å². The number of hydrogen-bond donors (Lipinski definition) is 1. The van der Waals surface area contributed by atoms with E-state index in [1.54, 1.807) is 19.1 Å². The molecule has 9 heteroatoms. The summed E-state index contributed by atoms with van der Waals surface area (Å²) in [4.78, 5) is 29.5. The van der Waals surface area contributed by atoms with Gasteiger partial charge in [0.05, 0.1) is 23.6 Å². The molecule has 2 heterocycles. The summed E-state index contributed by atoms with van der Waals surface area (Å²) in [6, 6.07) is 3.22. The van der Waals surface area contributed by atoms with E-state index in [2.05, 4.69) is 0 Å². The Balaban J connectivity index is 1.58. The van der Waals surface area contributed by atoms with Crippen molar-refractivity contribution in [2.24, 2.45) is 17.0 Å². The highest BCUT2D eigenvalue weighted by Crippen LogP contribution is 2.43. The number of sulfonamides is 1. The third-order valence-corrected chi connectivity index (χ3v) is 9.03. The van der Waals surface area contributed by atoms with Crippen LogP contribution in [0.2, 0.25) is 0 Å². The van der Waals surface area contributed by atoms with Gasteiger partial charge in [-0.05, 0) is 63.0 Å². The number of nitrogens with two attached hydrogens (primary N) is 1. The fourth-order valence-corrected chi connectivity index (χ4v) is 7.32. The van der Waals surface area contributed by atoms with Crippen LogP contribution in [0.15, 0.2) is 22.8 Å². The highest BCUT2D eigenvalue weighted by Gasteiger charge is 2.48. The number of furan rings is 1. The summed E-state index contributed by atoms with van der Waals surface area (Å²) < 4.78 is 29.3. The van der Waals surface area contributed by atoms with E-state index in [1.807, 2.05) is 16.7 Å². The molecule has 1 aromatic rings. The van der Waals surface area contributed by atoms with Crippen LogP contribution in [0.25, 0.3) is 0 Å². The van der Waals surface area contributed by atoms with E-state index in [-0.39, 0.29) is 35.9 Å². The van der Waals surface area contributed by atoms with E-state index in [1.165, 1.54) is 6.26 Å². The molecule has 2 saturated carbocycles. The Bertz CT molecular complexity index is 916. The largest absolute Gasteiger partial charge is 0.459 e. The van der Waals surface area contributed by atoms with Crippen LogP contribution >= 0.6 is 0 Å². The van der Waals surface area contributed by atoms with Gasteiger partial charge in [0.1, 0.15) is 0 Å². The minimum Gasteiger partial charge on any atom is -0.459 e. The molecular weight excluding hydrogens is 418 g/mol. The number of rotatable bonds is 3. The predicted molar refractivity (Wildman–Crippen MR) is 115 cm³/mol. The minimum atomic E-state index is -3.53. The SMILES string of the molecule is CC(=O)N1C2CCC(C3CCCC(S(N)(=O)=O)C3)CC2N(C(=O)c2ccco2)C[C@@H]1C. The fourth-order valence-electron chi connectivity index (χ4n) is 6.31. The van der Waals surface area contributed by atoms with E-state index < -0.39 is 15.3 Å². The zero-order valence-electron chi connectivity index (χ0n) is 18.3. The second-order valence-corrected chi connectivity index (χ2v) is 11.4. The molecule has 0 bridgehead atoms. The first-order valence-electron chi connectivity index (χ1n) is 11.3. The Hall–Kier alpha value is -1.87. The van der Waals surface area contributed by atoms with Crippen molar-refractivity contribution in [1.29, 1.82) is 0 Å². The van der Waals surface area contributed by atoms with Crippen molar-refractivity contribution < 1.29 is 22.4 Å². The van der Waals surface area contributed by atoms with Crippen molar-refractivity contribution in [3.8, 4) is 0 Å². The van der Waals surface area contributed by atoms with Gasteiger partial charge in [0.15, 0.2) is 5.76 Å². The molecule has 4 rings (SSSR count). The molecule has 1 aromatic heterocycles. The average molecular weight is 452 g/mol. The summed E-state index contributed by atoms with van der Waals surface area (Å²) in [5, 5.41) is 4.99. The highest BCUT2D eigenvalue weighted by molar-refractivity contribution is 7.89. The topological polar surface area (TPSA) is 114 Å². The van der Waals surface area contributed by atoms with Gasteiger partial charge in [0.2, 0.25) is 15.9 Å². The van der Waals surface area contributed by atoms with Gasteiger partial charge in [0.25, 0.3) is 5.91 Å². The summed E-state index contributed by atoms with van der Waals surface area (Å²) in [5.41, 5.74) is 0. The third kappa shape index (κ3) is 4.39. The van der Waals surface area contributed by atoms with Gasteiger partial charge in [-0.25, -0.2) is 13.6 Å². The quantitative estimate of drug-likeness (QED) is 0.758. The van der Waals surface area contributed by atoms with Crippen LogP contribution in [-0.4, -0.2) is 60.0 Å². The van der Waals surface area contributed by atoms with Crippen LogP contribution in [0.1, 0.15) is 69.3 Å². The molecule has 0 radical (unpaired) electrons. The number of fused-ring (bicyclic) bond motifs is 1. The maximum Gasteiger partial charge on any atom is 0.289 e. The summed E-state index contributed by atoms with van der Waals surface area (Å²) in [6.45, 7) is 4.06. The highest BCUT2D eigenvalue weighted by atomic mass is 32.2.